The van der Waals surface area contributed by atoms with Crippen LogP contribution in [-0.4, -0.2) is 13.4 Å². The summed E-state index contributed by atoms with van der Waals surface area (Å²) in [5.41, 5.74) is 6.26. The van der Waals surface area contributed by atoms with Gasteiger partial charge in [0.25, 0.3) is 0 Å². The summed E-state index contributed by atoms with van der Waals surface area (Å²) in [7, 11) is -3.71. The van der Waals surface area contributed by atoms with E-state index in [1.807, 2.05) is 0 Å². The number of oxazole rings is 1. The molecular formula is C8H9N3O3S. The Morgan fingerprint density at radius 2 is 2.13 bits per heavy atom. The van der Waals surface area contributed by atoms with Crippen LogP contribution in [0, 0.1) is 0 Å². The lowest BCUT2D eigenvalue weighted by atomic mass is 10.3. The van der Waals surface area contributed by atoms with Crippen LogP contribution in [0.3, 0.4) is 0 Å². The second-order valence-corrected chi connectivity index (χ2v) is 4.55. The average Bonchev–Trinajstić information content (AvgIpc) is 2.57. The summed E-state index contributed by atoms with van der Waals surface area (Å²) in [5.74, 6) is 0.358. The minimum atomic E-state index is -3.71. The highest BCUT2D eigenvalue weighted by molar-refractivity contribution is 7.89. The minimum Gasteiger partial charge on any atom is -0.439 e. The summed E-state index contributed by atoms with van der Waals surface area (Å²) < 4.78 is 27.3. The van der Waals surface area contributed by atoms with E-state index in [-0.39, 0.29) is 11.4 Å². The maximum Gasteiger partial charge on any atom is 0.238 e. The Bertz CT molecular complexity index is 603. The summed E-state index contributed by atoms with van der Waals surface area (Å²) in [6.07, 6.45) is 0. The Morgan fingerprint density at radius 1 is 1.40 bits per heavy atom. The molecule has 0 fully saturated rings. The maximum absolute atomic E-state index is 11.0. The van der Waals surface area contributed by atoms with Gasteiger partial charge in [-0.15, -0.1) is 0 Å². The number of hydrogen-bond donors (Lipinski definition) is 2. The maximum atomic E-state index is 11.0. The van der Waals surface area contributed by atoms with Crippen LogP contribution in [0.1, 0.15) is 5.89 Å². The molecule has 1 heterocycles. The smallest absolute Gasteiger partial charge is 0.238 e. The van der Waals surface area contributed by atoms with Crippen molar-refractivity contribution in [3.8, 4) is 0 Å². The number of benzene rings is 1. The molecule has 0 unspecified atom stereocenters. The van der Waals surface area contributed by atoms with Crippen LogP contribution >= 0.6 is 0 Å². The monoisotopic (exact) mass is 227 g/mol. The number of aromatic nitrogens is 1. The molecule has 0 atom stereocenters. The number of fused-ring (bicyclic) bond motifs is 1. The van der Waals surface area contributed by atoms with Gasteiger partial charge in [0.05, 0.1) is 11.4 Å². The average molecular weight is 227 g/mol. The van der Waals surface area contributed by atoms with Crippen LogP contribution in [0.4, 0.5) is 0 Å². The largest absolute Gasteiger partial charge is 0.439 e. The van der Waals surface area contributed by atoms with E-state index in [0.717, 1.165) is 0 Å². The summed E-state index contributed by atoms with van der Waals surface area (Å²) in [6.45, 7) is 0.166. The topological polar surface area (TPSA) is 112 Å². The summed E-state index contributed by atoms with van der Waals surface area (Å²) in [6, 6.07) is 4.23. The number of sulfonamides is 1. The van der Waals surface area contributed by atoms with Crippen LogP contribution in [0.2, 0.25) is 0 Å². The summed E-state index contributed by atoms with van der Waals surface area (Å²) in [4.78, 5) is 4.02. The van der Waals surface area contributed by atoms with Gasteiger partial charge in [-0.25, -0.2) is 18.5 Å². The molecule has 0 aliphatic carbocycles. The molecule has 2 aromatic rings. The van der Waals surface area contributed by atoms with Crippen molar-refractivity contribution in [3.05, 3.63) is 24.1 Å². The SMILES string of the molecule is NCc1nc2ccc(S(N)(=O)=O)cc2o1. The van der Waals surface area contributed by atoms with Gasteiger partial charge >= 0.3 is 0 Å². The first kappa shape index (κ1) is 10.1. The van der Waals surface area contributed by atoms with Gasteiger partial charge in [-0.05, 0) is 12.1 Å². The molecule has 0 spiro atoms. The second-order valence-electron chi connectivity index (χ2n) is 2.99. The van der Waals surface area contributed by atoms with Crippen molar-refractivity contribution in [2.24, 2.45) is 10.9 Å². The molecule has 2 rings (SSSR count). The molecule has 1 aromatic heterocycles. The van der Waals surface area contributed by atoms with Gasteiger partial charge in [-0.2, -0.15) is 0 Å². The zero-order valence-corrected chi connectivity index (χ0v) is 8.49. The standard InChI is InChI=1S/C8H9N3O3S/c9-4-8-11-6-2-1-5(15(10,12)13)3-7(6)14-8/h1-3H,4,9H2,(H2,10,12,13). The minimum absolute atomic E-state index is 0.00489. The van der Waals surface area contributed by atoms with Gasteiger partial charge in [0, 0.05) is 6.07 Å². The van der Waals surface area contributed by atoms with Crippen LogP contribution in [0.5, 0.6) is 0 Å². The fourth-order valence-electron chi connectivity index (χ4n) is 1.22. The Balaban J connectivity index is 2.66. The fraction of sp³-hybridized carbons (Fsp3) is 0.125. The molecule has 0 radical (unpaired) electrons. The van der Waals surface area contributed by atoms with Crippen LogP contribution in [-0.2, 0) is 16.6 Å². The molecule has 80 valence electrons. The van der Waals surface area contributed by atoms with E-state index in [1.165, 1.54) is 18.2 Å². The highest BCUT2D eigenvalue weighted by Crippen LogP contribution is 2.18. The Morgan fingerprint density at radius 3 is 2.73 bits per heavy atom. The van der Waals surface area contributed by atoms with E-state index in [9.17, 15) is 8.42 Å². The molecule has 6 nitrogen and oxygen atoms in total. The predicted octanol–water partition coefficient (Wildman–Crippen LogP) is -0.0661. The lowest BCUT2D eigenvalue weighted by Crippen LogP contribution is -2.11. The van der Waals surface area contributed by atoms with Crippen molar-refractivity contribution in [3.63, 3.8) is 0 Å². The van der Waals surface area contributed by atoms with E-state index >= 15 is 0 Å². The first-order chi connectivity index (χ1) is 7.00. The van der Waals surface area contributed by atoms with Gasteiger partial charge in [-0.3, -0.25) is 0 Å². The molecule has 7 heteroatoms. The van der Waals surface area contributed by atoms with Crippen molar-refractivity contribution in [2.75, 3.05) is 0 Å². The first-order valence-electron chi connectivity index (χ1n) is 4.13. The van der Waals surface area contributed by atoms with E-state index < -0.39 is 10.0 Å². The van der Waals surface area contributed by atoms with E-state index in [0.29, 0.717) is 17.0 Å². The lowest BCUT2D eigenvalue weighted by molar-refractivity contribution is 0.532. The summed E-state index contributed by atoms with van der Waals surface area (Å²) in [5, 5.41) is 4.97. The highest BCUT2D eigenvalue weighted by Gasteiger charge is 2.11. The molecule has 0 bridgehead atoms. The number of nitrogens with zero attached hydrogens (tertiary/aromatic N) is 1. The highest BCUT2D eigenvalue weighted by atomic mass is 32.2. The third kappa shape index (κ3) is 1.84. The third-order valence-electron chi connectivity index (χ3n) is 1.91. The molecule has 0 aliphatic rings. The molecule has 15 heavy (non-hydrogen) atoms. The molecule has 1 aromatic carbocycles. The molecule has 0 amide bonds. The molecule has 0 saturated carbocycles. The molecule has 0 saturated heterocycles. The Kier molecular flexibility index (Phi) is 2.22. The molecule has 0 aliphatic heterocycles. The van der Waals surface area contributed by atoms with Gasteiger partial charge < -0.3 is 10.2 Å². The normalized spacial score (nSPS) is 12.1. The van der Waals surface area contributed by atoms with Gasteiger partial charge in [-0.1, -0.05) is 0 Å². The van der Waals surface area contributed by atoms with E-state index in [4.69, 9.17) is 15.3 Å². The van der Waals surface area contributed by atoms with Gasteiger partial charge in [0.2, 0.25) is 15.9 Å². The number of primary sulfonamides is 1. The quantitative estimate of drug-likeness (QED) is 0.745. The van der Waals surface area contributed by atoms with Crippen molar-refractivity contribution in [1.82, 2.24) is 4.98 Å². The van der Waals surface area contributed by atoms with Crippen molar-refractivity contribution in [1.29, 1.82) is 0 Å². The number of rotatable bonds is 2. The van der Waals surface area contributed by atoms with Gasteiger partial charge in [0.1, 0.15) is 5.52 Å². The third-order valence-corrected chi connectivity index (χ3v) is 2.82. The zero-order chi connectivity index (χ0) is 11.1. The fourth-order valence-corrected chi connectivity index (χ4v) is 1.75. The van der Waals surface area contributed by atoms with Crippen molar-refractivity contribution < 1.29 is 12.8 Å². The predicted molar refractivity (Wildman–Crippen MR) is 53.3 cm³/mol. The van der Waals surface area contributed by atoms with E-state index in [1.54, 1.807) is 0 Å². The number of nitrogens with two attached hydrogens (primary N) is 2. The Hall–Kier alpha value is -1.44. The first-order valence-corrected chi connectivity index (χ1v) is 5.67. The molecular weight excluding hydrogens is 218 g/mol. The lowest BCUT2D eigenvalue weighted by Gasteiger charge is -1.95. The van der Waals surface area contributed by atoms with Crippen LogP contribution < -0.4 is 10.9 Å². The zero-order valence-electron chi connectivity index (χ0n) is 7.67. The van der Waals surface area contributed by atoms with Crippen LogP contribution in [0.25, 0.3) is 11.1 Å². The van der Waals surface area contributed by atoms with Crippen LogP contribution in [0.15, 0.2) is 27.5 Å². The Labute approximate surface area is 85.9 Å². The van der Waals surface area contributed by atoms with Crippen molar-refractivity contribution >= 4 is 21.1 Å². The van der Waals surface area contributed by atoms with Gasteiger partial charge in [0.15, 0.2) is 5.58 Å². The second kappa shape index (κ2) is 3.30. The number of hydrogen-bond acceptors (Lipinski definition) is 5. The van der Waals surface area contributed by atoms with E-state index in [2.05, 4.69) is 4.98 Å². The van der Waals surface area contributed by atoms with Crippen molar-refractivity contribution in [2.45, 2.75) is 11.4 Å². The summed E-state index contributed by atoms with van der Waals surface area (Å²) >= 11 is 0. The molecule has 4 N–H and O–H groups in total.